The summed E-state index contributed by atoms with van der Waals surface area (Å²) in [5, 5.41) is 11.8. The van der Waals surface area contributed by atoms with Crippen LogP contribution in [0, 0.1) is 0 Å². The van der Waals surface area contributed by atoms with Crippen LogP contribution < -0.4 is 10.2 Å². The van der Waals surface area contributed by atoms with E-state index in [1.54, 1.807) is 12.1 Å². The number of nitrogens with one attached hydrogen (secondary N) is 1. The van der Waals surface area contributed by atoms with Crippen molar-refractivity contribution in [1.82, 2.24) is 0 Å². The third-order valence-corrected chi connectivity index (χ3v) is 3.91. The highest BCUT2D eigenvalue weighted by Gasteiger charge is 2.29. The fourth-order valence-corrected chi connectivity index (χ4v) is 2.81. The predicted octanol–water partition coefficient (Wildman–Crippen LogP) is 2.18. The highest BCUT2D eigenvalue weighted by atomic mass is 79.9. The molecule has 1 aliphatic rings. The van der Waals surface area contributed by atoms with Gasteiger partial charge < -0.3 is 15.3 Å². The first kappa shape index (κ1) is 15.0. The molecule has 0 unspecified atom stereocenters. The molecule has 1 aromatic rings. The SMILES string of the molecule is CCCCN(CCO)c1cc2c(cc1Br)C(=O)C(=O)N2. The Morgan fingerprint density at radius 3 is 2.70 bits per heavy atom. The average molecular weight is 341 g/mol. The number of hydrogen-bond donors (Lipinski definition) is 2. The number of anilines is 2. The highest BCUT2D eigenvalue weighted by Crippen LogP contribution is 2.35. The number of benzene rings is 1. The molecule has 108 valence electrons. The summed E-state index contributed by atoms with van der Waals surface area (Å²) in [6.45, 7) is 3.49. The molecule has 6 heteroatoms. The predicted molar refractivity (Wildman–Crippen MR) is 81.3 cm³/mol. The normalized spacial score (nSPS) is 13.3. The van der Waals surface area contributed by atoms with Gasteiger partial charge in [-0.25, -0.2) is 0 Å². The van der Waals surface area contributed by atoms with Crippen LogP contribution in [0.25, 0.3) is 0 Å². The third-order valence-electron chi connectivity index (χ3n) is 3.28. The van der Waals surface area contributed by atoms with Gasteiger partial charge in [-0.3, -0.25) is 9.59 Å². The second kappa shape index (κ2) is 6.37. The molecule has 0 bridgehead atoms. The van der Waals surface area contributed by atoms with E-state index in [9.17, 15) is 14.7 Å². The van der Waals surface area contributed by atoms with E-state index in [0.717, 1.165) is 29.5 Å². The number of carbonyl (C=O) groups is 2. The summed E-state index contributed by atoms with van der Waals surface area (Å²) < 4.78 is 0.755. The number of Topliss-reactive ketones (excluding diaryl/α,β-unsaturated/α-hetero) is 1. The Bertz CT molecular complexity index is 545. The quantitative estimate of drug-likeness (QED) is 0.778. The van der Waals surface area contributed by atoms with Crippen LogP contribution in [0.5, 0.6) is 0 Å². The van der Waals surface area contributed by atoms with Crippen molar-refractivity contribution in [2.45, 2.75) is 19.8 Å². The molecule has 1 aromatic carbocycles. The van der Waals surface area contributed by atoms with Crippen molar-refractivity contribution in [3.63, 3.8) is 0 Å². The molecule has 20 heavy (non-hydrogen) atoms. The first-order valence-corrected chi connectivity index (χ1v) is 7.42. The monoisotopic (exact) mass is 340 g/mol. The summed E-state index contributed by atoms with van der Waals surface area (Å²) in [6, 6.07) is 3.45. The Balaban J connectivity index is 2.34. The molecule has 0 atom stereocenters. The topological polar surface area (TPSA) is 69.6 Å². The molecule has 2 N–H and O–H groups in total. The fourth-order valence-electron chi connectivity index (χ4n) is 2.22. The van der Waals surface area contributed by atoms with Gasteiger partial charge in [-0.2, -0.15) is 0 Å². The highest BCUT2D eigenvalue weighted by molar-refractivity contribution is 9.10. The second-order valence-corrected chi connectivity index (χ2v) is 5.55. The van der Waals surface area contributed by atoms with Crippen molar-refractivity contribution in [2.24, 2.45) is 0 Å². The van der Waals surface area contributed by atoms with E-state index in [4.69, 9.17) is 0 Å². The van der Waals surface area contributed by atoms with Gasteiger partial charge in [0.25, 0.3) is 11.7 Å². The van der Waals surface area contributed by atoms with Gasteiger partial charge in [0.2, 0.25) is 0 Å². The minimum absolute atomic E-state index is 0.0541. The number of nitrogens with zero attached hydrogens (tertiary/aromatic N) is 1. The van der Waals surface area contributed by atoms with E-state index in [2.05, 4.69) is 28.2 Å². The van der Waals surface area contributed by atoms with Crippen molar-refractivity contribution in [3.05, 3.63) is 22.2 Å². The van der Waals surface area contributed by atoms with E-state index in [1.165, 1.54) is 0 Å². The van der Waals surface area contributed by atoms with Crippen molar-refractivity contribution < 1.29 is 14.7 Å². The van der Waals surface area contributed by atoms with Crippen LogP contribution in [0.15, 0.2) is 16.6 Å². The summed E-state index contributed by atoms with van der Waals surface area (Å²) >= 11 is 3.45. The van der Waals surface area contributed by atoms with Crippen LogP contribution in [0.3, 0.4) is 0 Å². The molecule has 1 aliphatic heterocycles. The van der Waals surface area contributed by atoms with E-state index in [1.807, 2.05) is 4.90 Å². The number of carbonyl (C=O) groups excluding carboxylic acids is 2. The molecular weight excluding hydrogens is 324 g/mol. The Labute approximate surface area is 126 Å². The maximum absolute atomic E-state index is 11.6. The van der Waals surface area contributed by atoms with Crippen LogP contribution in [0.2, 0.25) is 0 Å². The lowest BCUT2D eigenvalue weighted by Gasteiger charge is -2.25. The summed E-state index contributed by atoms with van der Waals surface area (Å²) in [5.41, 5.74) is 1.81. The van der Waals surface area contributed by atoms with Gasteiger partial charge in [0.05, 0.1) is 23.5 Å². The lowest BCUT2D eigenvalue weighted by Crippen LogP contribution is -2.28. The molecule has 0 aromatic heterocycles. The zero-order valence-electron chi connectivity index (χ0n) is 11.3. The number of unbranched alkanes of at least 4 members (excludes halogenated alkanes) is 1. The maximum atomic E-state index is 11.6. The Morgan fingerprint density at radius 2 is 2.05 bits per heavy atom. The van der Waals surface area contributed by atoms with Gasteiger partial charge in [-0.1, -0.05) is 13.3 Å². The van der Waals surface area contributed by atoms with Crippen molar-refractivity contribution >= 4 is 39.0 Å². The molecule has 0 aliphatic carbocycles. The van der Waals surface area contributed by atoms with Gasteiger partial charge in [0.1, 0.15) is 0 Å². The van der Waals surface area contributed by atoms with E-state index in [0.29, 0.717) is 17.8 Å². The average Bonchev–Trinajstić information content (AvgIpc) is 2.70. The Morgan fingerprint density at radius 1 is 1.30 bits per heavy atom. The number of hydrogen-bond acceptors (Lipinski definition) is 4. The lowest BCUT2D eigenvalue weighted by molar-refractivity contribution is -0.112. The lowest BCUT2D eigenvalue weighted by atomic mass is 10.1. The Kier molecular flexibility index (Phi) is 4.77. The standard InChI is InChI=1S/C14H17BrN2O3/c1-2-3-4-17(5-6-18)12-8-11-9(7-10(12)15)13(19)14(20)16-11/h7-8,18H,2-6H2,1H3,(H,16,19,20). The van der Waals surface area contributed by atoms with Gasteiger partial charge in [-0.15, -0.1) is 0 Å². The number of aliphatic hydroxyl groups is 1. The molecule has 0 saturated carbocycles. The summed E-state index contributed by atoms with van der Waals surface area (Å²) in [5.74, 6) is -1.10. The summed E-state index contributed by atoms with van der Waals surface area (Å²) in [4.78, 5) is 25.1. The number of halogens is 1. The first-order chi connectivity index (χ1) is 9.58. The number of ketones is 1. The number of rotatable bonds is 6. The van der Waals surface area contributed by atoms with E-state index < -0.39 is 11.7 Å². The third kappa shape index (κ3) is 2.86. The van der Waals surface area contributed by atoms with E-state index >= 15 is 0 Å². The molecule has 2 rings (SSSR count). The van der Waals surface area contributed by atoms with Gasteiger partial charge in [-0.05, 0) is 34.5 Å². The van der Waals surface area contributed by atoms with Gasteiger partial charge >= 0.3 is 0 Å². The molecule has 1 heterocycles. The molecule has 0 radical (unpaired) electrons. The first-order valence-electron chi connectivity index (χ1n) is 6.63. The zero-order valence-corrected chi connectivity index (χ0v) is 12.9. The van der Waals surface area contributed by atoms with Crippen molar-refractivity contribution in [2.75, 3.05) is 29.9 Å². The molecule has 0 spiro atoms. The molecule has 0 fully saturated rings. The molecule has 1 amide bonds. The second-order valence-electron chi connectivity index (χ2n) is 4.70. The Hall–Kier alpha value is -1.40. The van der Waals surface area contributed by atoms with Crippen LogP contribution in [0.1, 0.15) is 30.1 Å². The van der Waals surface area contributed by atoms with Crippen molar-refractivity contribution in [3.8, 4) is 0 Å². The smallest absolute Gasteiger partial charge is 0.296 e. The molecular formula is C14H17BrN2O3. The van der Waals surface area contributed by atoms with Crippen LogP contribution >= 0.6 is 15.9 Å². The van der Waals surface area contributed by atoms with Crippen LogP contribution in [-0.4, -0.2) is 36.5 Å². The van der Waals surface area contributed by atoms with Crippen LogP contribution in [-0.2, 0) is 4.79 Å². The number of aliphatic hydroxyl groups excluding tert-OH is 1. The maximum Gasteiger partial charge on any atom is 0.296 e. The van der Waals surface area contributed by atoms with Gasteiger partial charge in [0, 0.05) is 17.6 Å². The summed E-state index contributed by atoms with van der Waals surface area (Å²) in [6.07, 6.45) is 2.06. The minimum Gasteiger partial charge on any atom is -0.395 e. The van der Waals surface area contributed by atoms with E-state index in [-0.39, 0.29) is 6.61 Å². The summed E-state index contributed by atoms with van der Waals surface area (Å²) in [7, 11) is 0. The minimum atomic E-state index is -0.591. The number of fused-ring (bicyclic) bond motifs is 1. The fraction of sp³-hybridized carbons (Fsp3) is 0.429. The molecule has 0 saturated heterocycles. The largest absolute Gasteiger partial charge is 0.395 e. The van der Waals surface area contributed by atoms with Crippen molar-refractivity contribution in [1.29, 1.82) is 0 Å². The zero-order chi connectivity index (χ0) is 14.7. The number of amides is 1. The molecule has 5 nitrogen and oxygen atoms in total. The van der Waals surface area contributed by atoms with Gasteiger partial charge in [0.15, 0.2) is 0 Å². The van der Waals surface area contributed by atoms with Crippen LogP contribution in [0.4, 0.5) is 11.4 Å².